The molecular formula is C21H22Br2N2O5. The van der Waals surface area contributed by atoms with Crippen molar-refractivity contribution in [3.8, 4) is 0 Å². The second-order valence-electron chi connectivity index (χ2n) is 8.24. The zero-order chi connectivity index (χ0) is 21.7. The van der Waals surface area contributed by atoms with Crippen LogP contribution in [0.25, 0.3) is 0 Å². The molecule has 1 N–H and O–H groups in total. The number of nitrogens with one attached hydrogen (secondary N) is 1. The Bertz CT molecular complexity index is 884. The largest absolute Gasteiger partial charge is 0.454 e. The number of ether oxygens (including phenoxy) is 1. The predicted octanol–water partition coefficient (Wildman–Crippen LogP) is 2.56. The van der Waals surface area contributed by atoms with Crippen molar-refractivity contribution in [3.63, 3.8) is 0 Å². The lowest BCUT2D eigenvalue weighted by atomic mass is 9.81. The van der Waals surface area contributed by atoms with E-state index >= 15 is 0 Å². The number of nitrogens with zero attached hydrogens (tertiary/aromatic N) is 1. The Morgan fingerprint density at radius 1 is 1.07 bits per heavy atom. The number of anilines is 1. The maximum absolute atomic E-state index is 12.8. The van der Waals surface area contributed by atoms with Crippen molar-refractivity contribution >= 4 is 61.2 Å². The third-order valence-corrected chi connectivity index (χ3v) is 9.68. The van der Waals surface area contributed by atoms with E-state index in [0.29, 0.717) is 5.69 Å². The van der Waals surface area contributed by atoms with Crippen LogP contribution >= 0.6 is 31.9 Å². The van der Waals surface area contributed by atoms with Gasteiger partial charge in [0.05, 0.1) is 11.8 Å². The van der Waals surface area contributed by atoms with Gasteiger partial charge in [0.2, 0.25) is 11.8 Å². The maximum Gasteiger partial charge on any atom is 0.326 e. The standard InChI is InChI=1S/C21H22Br2N2O5/c1-9-4-3-5-10(2)19(9)24-13(26)8-30-14(27)7-25-20(28)15-11-6-12(16(15)21(25)29)18(23)17(11)22/h3-5,11-12,15-18H,6-8H2,1-2H3,(H,24,26)/t11-,12-,15-,16+,17-,18+/m1/s1. The van der Waals surface area contributed by atoms with Gasteiger partial charge in [0.25, 0.3) is 5.91 Å². The van der Waals surface area contributed by atoms with Crippen LogP contribution in [0.1, 0.15) is 17.5 Å². The number of imide groups is 1. The Labute approximate surface area is 191 Å². The first-order valence-corrected chi connectivity index (χ1v) is 11.7. The number of benzene rings is 1. The molecule has 6 atom stereocenters. The smallest absolute Gasteiger partial charge is 0.326 e. The molecule has 2 saturated carbocycles. The summed E-state index contributed by atoms with van der Waals surface area (Å²) in [4.78, 5) is 51.3. The molecule has 1 heterocycles. The molecule has 160 valence electrons. The van der Waals surface area contributed by atoms with Gasteiger partial charge in [-0.2, -0.15) is 0 Å². The number of likely N-dealkylation sites (tertiary alicyclic amines) is 1. The van der Waals surface area contributed by atoms with Gasteiger partial charge < -0.3 is 10.1 Å². The summed E-state index contributed by atoms with van der Waals surface area (Å²) in [6.45, 7) is 2.81. The highest BCUT2D eigenvalue weighted by Crippen LogP contribution is 2.60. The Morgan fingerprint density at radius 2 is 1.60 bits per heavy atom. The molecule has 30 heavy (non-hydrogen) atoms. The molecule has 3 aliphatic rings. The fourth-order valence-corrected chi connectivity index (χ4v) is 6.95. The summed E-state index contributed by atoms with van der Waals surface area (Å²) in [5, 5.41) is 2.73. The minimum Gasteiger partial charge on any atom is -0.454 e. The lowest BCUT2D eigenvalue weighted by Crippen LogP contribution is -2.38. The highest BCUT2D eigenvalue weighted by Gasteiger charge is 2.66. The van der Waals surface area contributed by atoms with Crippen molar-refractivity contribution in [1.29, 1.82) is 0 Å². The second-order valence-corrected chi connectivity index (χ2v) is 10.4. The molecule has 2 bridgehead atoms. The van der Waals surface area contributed by atoms with Crippen molar-refractivity contribution in [1.82, 2.24) is 4.90 Å². The van der Waals surface area contributed by atoms with Gasteiger partial charge in [-0.25, -0.2) is 0 Å². The van der Waals surface area contributed by atoms with Gasteiger partial charge in [0, 0.05) is 15.3 Å². The van der Waals surface area contributed by atoms with Gasteiger partial charge in [0.15, 0.2) is 6.61 Å². The van der Waals surface area contributed by atoms with Crippen molar-refractivity contribution in [2.45, 2.75) is 29.9 Å². The van der Waals surface area contributed by atoms with E-state index in [4.69, 9.17) is 4.74 Å². The average molecular weight is 542 g/mol. The number of hydrogen-bond donors (Lipinski definition) is 1. The molecule has 1 saturated heterocycles. The number of alkyl halides is 2. The molecule has 0 spiro atoms. The highest BCUT2D eigenvalue weighted by atomic mass is 79.9. The molecule has 2 aliphatic carbocycles. The average Bonchev–Trinajstić information content (AvgIpc) is 3.30. The van der Waals surface area contributed by atoms with E-state index in [-0.39, 0.29) is 45.1 Å². The molecule has 7 nitrogen and oxygen atoms in total. The van der Waals surface area contributed by atoms with E-state index in [1.54, 1.807) is 0 Å². The number of hydrogen-bond acceptors (Lipinski definition) is 5. The van der Waals surface area contributed by atoms with Crippen molar-refractivity contribution < 1.29 is 23.9 Å². The van der Waals surface area contributed by atoms with Crippen LogP contribution in [0, 0.1) is 37.5 Å². The normalized spacial score (nSPS) is 31.8. The maximum atomic E-state index is 12.8. The van der Waals surface area contributed by atoms with Crippen molar-refractivity contribution in [2.24, 2.45) is 23.7 Å². The van der Waals surface area contributed by atoms with Gasteiger partial charge in [-0.1, -0.05) is 50.1 Å². The first-order valence-electron chi connectivity index (χ1n) is 9.85. The summed E-state index contributed by atoms with van der Waals surface area (Å²) >= 11 is 7.26. The molecule has 0 aromatic heterocycles. The minimum absolute atomic E-state index is 0.0879. The molecule has 9 heteroatoms. The molecular weight excluding hydrogens is 520 g/mol. The van der Waals surface area contributed by atoms with Gasteiger partial charge >= 0.3 is 5.97 Å². The fraction of sp³-hybridized carbons (Fsp3) is 0.524. The lowest BCUT2D eigenvalue weighted by molar-refractivity contribution is -0.154. The topological polar surface area (TPSA) is 92.8 Å². The van der Waals surface area contributed by atoms with Crippen LogP contribution in [-0.2, 0) is 23.9 Å². The predicted molar refractivity (Wildman–Crippen MR) is 116 cm³/mol. The zero-order valence-electron chi connectivity index (χ0n) is 16.6. The van der Waals surface area contributed by atoms with Crippen LogP contribution in [0.15, 0.2) is 18.2 Å². The summed E-state index contributed by atoms with van der Waals surface area (Å²) in [6.07, 6.45) is 0.829. The zero-order valence-corrected chi connectivity index (χ0v) is 19.7. The molecule has 3 fully saturated rings. The number of aryl methyl sites for hydroxylation is 2. The van der Waals surface area contributed by atoms with E-state index in [1.807, 2.05) is 32.0 Å². The Kier molecular flexibility index (Phi) is 5.78. The molecule has 0 radical (unpaired) electrons. The SMILES string of the molecule is Cc1cccc(C)c1NC(=O)COC(=O)CN1C(=O)[C@@H]2[C@H]3C[C@@H]([C@H](Br)[C@@H]3Br)[C@@H]2C1=O. The van der Waals surface area contributed by atoms with Crippen LogP contribution in [0.4, 0.5) is 5.69 Å². The number of fused-ring (bicyclic) bond motifs is 5. The van der Waals surface area contributed by atoms with Crippen LogP contribution in [0.5, 0.6) is 0 Å². The minimum atomic E-state index is -0.772. The van der Waals surface area contributed by atoms with Crippen molar-refractivity contribution in [2.75, 3.05) is 18.5 Å². The first kappa shape index (κ1) is 21.5. The summed E-state index contributed by atoms with van der Waals surface area (Å²) in [7, 11) is 0. The number of amides is 3. The van der Waals surface area contributed by atoms with Gasteiger partial charge in [-0.3, -0.25) is 24.1 Å². The number of rotatable bonds is 5. The lowest BCUT2D eigenvalue weighted by Gasteiger charge is -2.28. The van der Waals surface area contributed by atoms with E-state index in [1.165, 1.54) is 0 Å². The number of carbonyl (C=O) groups excluding carboxylic acids is 4. The van der Waals surface area contributed by atoms with Crippen molar-refractivity contribution in [3.05, 3.63) is 29.3 Å². The Balaban J connectivity index is 1.33. The number of esters is 1. The molecule has 3 amide bonds. The van der Waals surface area contributed by atoms with E-state index in [0.717, 1.165) is 22.4 Å². The number of halogens is 2. The van der Waals surface area contributed by atoms with Gasteiger partial charge in [-0.15, -0.1) is 0 Å². The van der Waals surface area contributed by atoms with Gasteiger partial charge in [0.1, 0.15) is 6.54 Å². The van der Waals surface area contributed by atoms with Crippen LogP contribution in [-0.4, -0.2) is 51.4 Å². The monoisotopic (exact) mass is 540 g/mol. The molecule has 1 aliphatic heterocycles. The molecule has 1 aromatic rings. The Hall–Kier alpha value is -1.74. The highest BCUT2D eigenvalue weighted by molar-refractivity contribution is 9.12. The summed E-state index contributed by atoms with van der Waals surface area (Å²) in [6, 6.07) is 5.64. The van der Waals surface area contributed by atoms with E-state index in [9.17, 15) is 19.2 Å². The molecule has 1 aromatic carbocycles. The summed E-state index contributed by atoms with van der Waals surface area (Å²) in [5.41, 5.74) is 2.49. The quantitative estimate of drug-likeness (QED) is 0.351. The summed E-state index contributed by atoms with van der Waals surface area (Å²) < 4.78 is 5.03. The second kappa shape index (κ2) is 8.07. The van der Waals surface area contributed by atoms with Crippen LogP contribution < -0.4 is 5.32 Å². The molecule has 0 unspecified atom stereocenters. The third-order valence-electron chi connectivity index (χ3n) is 6.48. The fourth-order valence-electron chi connectivity index (χ4n) is 5.07. The van der Waals surface area contributed by atoms with E-state index < -0.39 is 25.0 Å². The summed E-state index contributed by atoms with van der Waals surface area (Å²) in [5.74, 6) is -2.43. The Morgan fingerprint density at radius 3 is 2.13 bits per heavy atom. The van der Waals surface area contributed by atoms with Gasteiger partial charge in [-0.05, 0) is 43.2 Å². The first-order chi connectivity index (χ1) is 14.2. The van der Waals surface area contributed by atoms with E-state index in [2.05, 4.69) is 37.2 Å². The van der Waals surface area contributed by atoms with Crippen LogP contribution in [0.2, 0.25) is 0 Å². The molecule has 4 rings (SSSR count). The number of carbonyl (C=O) groups is 4. The van der Waals surface area contributed by atoms with Crippen LogP contribution in [0.3, 0.4) is 0 Å². The number of para-hydroxylation sites is 1. The third kappa shape index (κ3) is 3.49.